The number of alkyl halides is 1. The highest BCUT2D eigenvalue weighted by atomic mass is 35.5. The predicted octanol–water partition coefficient (Wildman–Crippen LogP) is 1.66. The van der Waals surface area contributed by atoms with Crippen LogP contribution in [0.1, 0.15) is 19.5 Å². The van der Waals surface area contributed by atoms with Gasteiger partial charge < -0.3 is 9.64 Å². The lowest BCUT2D eigenvalue weighted by Crippen LogP contribution is -2.54. The SMILES string of the molecule is Cc1cc(N2CC(CCl)OC(C)(C)C2)n2ncnc2n1. The number of halogens is 1. The van der Waals surface area contributed by atoms with Gasteiger partial charge in [-0.15, -0.1) is 11.6 Å². The lowest BCUT2D eigenvalue weighted by atomic mass is 10.1. The highest BCUT2D eigenvalue weighted by Gasteiger charge is 2.34. The van der Waals surface area contributed by atoms with Gasteiger partial charge in [0.05, 0.1) is 17.6 Å². The van der Waals surface area contributed by atoms with Gasteiger partial charge in [0.1, 0.15) is 12.1 Å². The molecule has 2 aromatic heterocycles. The molecule has 1 aliphatic rings. The average molecular weight is 296 g/mol. The van der Waals surface area contributed by atoms with Crippen molar-refractivity contribution in [1.29, 1.82) is 0 Å². The van der Waals surface area contributed by atoms with Crippen LogP contribution in [0, 0.1) is 6.92 Å². The molecule has 7 heteroatoms. The second-order valence-electron chi connectivity index (χ2n) is 5.76. The third kappa shape index (κ3) is 2.45. The van der Waals surface area contributed by atoms with Crippen molar-refractivity contribution in [3.8, 4) is 0 Å². The maximum atomic E-state index is 5.99. The predicted molar refractivity (Wildman–Crippen MR) is 77.4 cm³/mol. The summed E-state index contributed by atoms with van der Waals surface area (Å²) >= 11 is 5.99. The molecule has 0 amide bonds. The molecular weight excluding hydrogens is 278 g/mol. The Bertz CT molecular complexity index is 626. The number of aromatic nitrogens is 4. The third-order valence-electron chi connectivity index (χ3n) is 3.34. The first-order valence-corrected chi connectivity index (χ1v) is 7.18. The fourth-order valence-electron chi connectivity index (χ4n) is 2.69. The van der Waals surface area contributed by atoms with E-state index in [-0.39, 0.29) is 11.7 Å². The Morgan fingerprint density at radius 1 is 1.50 bits per heavy atom. The van der Waals surface area contributed by atoms with Gasteiger partial charge in [0.2, 0.25) is 0 Å². The Labute approximate surface area is 122 Å². The van der Waals surface area contributed by atoms with Crippen molar-refractivity contribution in [1.82, 2.24) is 19.6 Å². The van der Waals surface area contributed by atoms with E-state index in [0.717, 1.165) is 24.6 Å². The summed E-state index contributed by atoms with van der Waals surface area (Å²) in [6.07, 6.45) is 1.53. The minimum Gasteiger partial charge on any atom is -0.367 e. The van der Waals surface area contributed by atoms with Gasteiger partial charge in [0, 0.05) is 24.8 Å². The van der Waals surface area contributed by atoms with Gasteiger partial charge in [0.15, 0.2) is 0 Å². The Balaban J connectivity index is 2.03. The molecule has 2 aromatic rings. The fourth-order valence-corrected chi connectivity index (χ4v) is 2.85. The van der Waals surface area contributed by atoms with E-state index in [9.17, 15) is 0 Å². The Kier molecular flexibility index (Phi) is 3.30. The van der Waals surface area contributed by atoms with E-state index in [4.69, 9.17) is 16.3 Å². The van der Waals surface area contributed by atoms with Gasteiger partial charge in [-0.2, -0.15) is 14.6 Å². The number of hydrogen-bond acceptors (Lipinski definition) is 5. The van der Waals surface area contributed by atoms with Crippen LogP contribution in [0.2, 0.25) is 0 Å². The Hall–Kier alpha value is -1.40. The van der Waals surface area contributed by atoms with E-state index in [2.05, 4.69) is 33.8 Å². The molecule has 0 aliphatic carbocycles. The van der Waals surface area contributed by atoms with E-state index in [1.807, 2.05) is 13.0 Å². The third-order valence-corrected chi connectivity index (χ3v) is 3.68. The Morgan fingerprint density at radius 3 is 3.05 bits per heavy atom. The van der Waals surface area contributed by atoms with Crippen LogP contribution in [-0.4, -0.2) is 50.3 Å². The molecule has 108 valence electrons. The van der Waals surface area contributed by atoms with Gasteiger partial charge >= 0.3 is 0 Å². The van der Waals surface area contributed by atoms with Crippen LogP contribution in [0.25, 0.3) is 5.78 Å². The largest absolute Gasteiger partial charge is 0.367 e. The summed E-state index contributed by atoms with van der Waals surface area (Å²) in [5, 5.41) is 4.26. The van der Waals surface area contributed by atoms with Crippen molar-refractivity contribution in [2.24, 2.45) is 0 Å². The first kappa shape index (κ1) is 13.6. The number of anilines is 1. The molecule has 6 nitrogen and oxygen atoms in total. The second kappa shape index (κ2) is 4.86. The number of fused-ring (bicyclic) bond motifs is 1. The lowest BCUT2D eigenvalue weighted by Gasteiger charge is -2.43. The van der Waals surface area contributed by atoms with Crippen LogP contribution in [0.5, 0.6) is 0 Å². The summed E-state index contributed by atoms with van der Waals surface area (Å²) < 4.78 is 7.73. The monoisotopic (exact) mass is 295 g/mol. The molecule has 1 unspecified atom stereocenters. The van der Waals surface area contributed by atoms with Gasteiger partial charge in [-0.25, -0.2) is 4.98 Å². The minimum atomic E-state index is -0.248. The molecule has 1 aliphatic heterocycles. The van der Waals surface area contributed by atoms with Crippen LogP contribution in [0.15, 0.2) is 12.4 Å². The lowest BCUT2D eigenvalue weighted by molar-refractivity contribution is -0.0737. The van der Waals surface area contributed by atoms with Crippen molar-refractivity contribution < 1.29 is 4.74 Å². The van der Waals surface area contributed by atoms with Crippen LogP contribution in [-0.2, 0) is 4.74 Å². The van der Waals surface area contributed by atoms with Crippen LogP contribution >= 0.6 is 11.6 Å². The first-order valence-electron chi connectivity index (χ1n) is 6.64. The van der Waals surface area contributed by atoms with E-state index < -0.39 is 0 Å². The number of hydrogen-bond donors (Lipinski definition) is 0. The quantitative estimate of drug-likeness (QED) is 0.789. The van der Waals surface area contributed by atoms with Crippen LogP contribution < -0.4 is 4.90 Å². The molecule has 1 atom stereocenters. The van der Waals surface area contributed by atoms with E-state index >= 15 is 0 Å². The highest BCUT2D eigenvalue weighted by Crippen LogP contribution is 2.26. The van der Waals surface area contributed by atoms with E-state index in [1.165, 1.54) is 6.33 Å². The van der Waals surface area contributed by atoms with Crippen LogP contribution in [0.3, 0.4) is 0 Å². The molecule has 3 heterocycles. The number of rotatable bonds is 2. The molecule has 0 radical (unpaired) electrons. The summed E-state index contributed by atoms with van der Waals surface area (Å²) in [6.45, 7) is 7.63. The maximum absolute atomic E-state index is 5.99. The number of aryl methyl sites for hydroxylation is 1. The summed E-state index contributed by atoms with van der Waals surface area (Å²) in [5.41, 5.74) is 0.675. The maximum Gasteiger partial charge on any atom is 0.254 e. The first-order chi connectivity index (χ1) is 9.48. The number of nitrogens with zero attached hydrogens (tertiary/aromatic N) is 5. The average Bonchev–Trinajstić information content (AvgIpc) is 2.83. The van der Waals surface area contributed by atoms with Crippen molar-refractivity contribution in [3.63, 3.8) is 0 Å². The van der Waals surface area contributed by atoms with Crippen molar-refractivity contribution in [2.75, 3.05) is 23.9 Å². The van der Waals surface area contributed by atoms with Crippen molar-refractivity contribution in [3.05, 3.63) is 18.1 Å². The molecule has 1 fully saturated rings. The number of morpholine rings is 1. The molecule has 0 spiro atoms. The normalized spacial score (nSPS) is 22.4. The smallest absolute Gasteiger partial charge is 0.254 e. The topological polar surface area (TPSA) is 55.6 Å². The number of ether oxygens (including phenoxy) is 1. The van der Waals surface area contributed by atoms with Gasteiger partial charge in [0.25, 0.3) is 5.78 Å². The summed E-state index contributed by atoms with van der Waals surface area (Å²) in [4.78, 5) is 10.8. The van der Waals surface area contributed by atoms with E-state index in [1.54, 1.807) is 4.52 Å². The fraction of sp³-hybridized carbons (Fsp3) is 0.615. The summed E-state index contributed by atoms with van der Waals surface area (Å²) in [5.74, 6) is 2.08. The molecule has 1 saturated heterocycles. The molecule has 20 heavy (non-hydrogen) atoms. The molecule has 0 N–H and O–H groups in total. The standard InChI is InChI=1S/C13H18ClN5O/c1-9-4-11(19-12(17-9)15-8-16-19)18-6-10(5-14)20-13(2,3)7-18/h4,8,10H,5-7H2,1-3H3. The highest BCUT2D eigenvalue weighted by molar-refractivity contribution is 6.18. The zero-order valence-electron chi connectivity index (χ0n) is 11.9. The van der Waals surface area contributed by atoms with Gasteiger partial charge in [-0.3, -0.25) is 0 Å². The molecule has 3 rings (SSSR count). The summed E-state index contributed by atoms with van der Waals surface area (Å²) in [7, 11) is 0. The van der Waals surface area contributed by atoms with Gasteiger partial charge in [-0.05, 0) is 20.8 Å². The van der Waals surface area contributed by atoms with Crippen molar-refractivity contribution >= 4 is 23.2 Å². The zero-order valence-corrected chi connectivity index (χ0v) is 12.6. The summed E-state index contributed by atoms with van der Waals surface area (Å²) in [6, 6.07) is 2.02. The van der Waals surface area contributed by atoms with Crippen molar-refractivity contribution in [2.45, 2.75) is 32.5 Å². The Morgan fingerprint density at radius 2 is 2.30 bits per heavy atom. The zero-order chi connectivity index (χ0) is 14.3. The van der Waals surface area contributed by atoms with Crippen LogP contribution in [0.4, 0.5) is 5.82 Å². The van der Waals surface area contributed by atoms with Gasteiger partial charge in [-0.1, -0.05) is 0 Å². The van der Waals surface area contributed by atoms with E-state index in [0.29, 0.717) is 11.7 Å². The second-order valence-corrected chi connectivity index (χ2v) is 6.07. The minimum absolute atomic E-state index is 0.00691. The molecular formula is C13H18ClN5O. The molecule has 0 saturated carbocycles. The molecule has 0 aromatic carbocycles. The molecule has 0 bridgehead atoms.